The Labute approximate surface area is 139 Å². The Bertz CT molecular complexity index is 921. The minimum absolute atomic E-state index is 0.210. The van der Waals surface area contributed by atoms with Gasteiger partial charge in [-0.05, 0) is 6.08 Å². The highest BCUT2D eigenvalue weighted by Gasteiger charge is 2.43. The van der Waals surface area contributed by atoms with Crippen LogP contribution in [0.5, 0.6) is 0 Å². The molecule has 2 aliphatic heterocycles. The predicted molar refractivity (Wildman–Crippen MR) is 80.6 cm³/mol. The molecule has 0 aromatic carbocycles. The summed E-state index contributed by atoms with van der Waals surface area (Å²) in [5.41, 5.74) is 1.23. The SMILES string of the molecule is O=C1N2CC(n3cc(-c4nccs4)nn3)=CC(C2)N1OS(=O)(=O)O. The van der Waals surface area contributed by atoms with Gasteiger partial charge < -0.3 is 4.90 Å². The largest absolute Gasteiger partial charge is 0.418 e. The molecular formula is C11H10N6O5S2. The smallest absolute Gasteiger partial charge is 0.314 e. The number of hydrogen-bond acceptors (Lipinski definition) is 8. The average Bonchev–Trinajstić information content (AvgIpc) is 3.23. The Morgan fingerprint density at radius 1 is 1.42 bits per heavy atom. The van der Waals surface area contributed by atoms with E-state index in [0.717, 1.165) is 0 Å². The highest BCUT2D eigenvalue weighted by Crippen LogP contribution is 2.28. The van der Waals surface area contributed by atoms with Gasteiger partial charge in [-0.2, -0.15) is 13.5 Å². The molecule has 11 nitrogen and oxygen atoms in total. The van der Waals surface area contributed by atoms with Crippen molar-refractivity contribution in [1.29, 1.82) is 0 Å². The summed E-state index contributed by atoms with van der Waals surface area (Å²) in [6.45, 7) is 0.466. The standard InChI is InChI=1S/C11H10N6O5S2/c18-11-15-4-7(3-8(5-15)17(11)22-24(19,20)21)16-6-9(13-14-16)10-12-1-2-23-10/h1-3,6,8H,4-5H2,(H,19,20,21). The van der Waals surface area contributed by atoms with Crippen LogP contribution in [0.15, 0.2) is 23.8 Å². The zero-order valence-corrected chi connectivity index (χ0v) is 13.5. The number of carbonyl (C=O) groups excluding carboxylic acids is 1. The molecule has 0 radical (unpaired) electrons. The lowest BCUT2D eigenvalue weighted by Crippen LogP contribution is -2.35. The third-order valence-electron chi connectivity index (χ3n) is 3.52. The first-order valence-corrected chi connectivity index (χ1v) is 8.93. The van der Waals surface area contributed by atoms with E-state index in [1.54, 1.807) is 18.5 Å². The molecule has 2 bridgehead atoms. The van der Waals surface area contributed by atoms with Gasteiger partial charge in [0.25, 0.3) is 0 Å². The lowest BCUT2D eigenvalue weighted by molar-refractivity contribution is -0.0183. The molecule has 1 saturated heterocycles. The van der Waals surface area contributed by atoms with Crippen molar-refractivity contribution < 1.29 is 22.0 Å². The van der Waals surface area contributed by atoms with Gasteiger partial charge in [0.15, 0.2) is 0 Å². The van der Waals surface area contributed by atoms with E-state index in [9.17, 15) is 13.2 Å². The van der Waals surface area contributed by atoms with Gasteiger partial charge in [0, 0.05) is 18.1 Å². The van der Waals surface area contributed by atoms with Crippen LogP contribution in [0.2, 0.25) is 0 Å². The van der Waals surface area contributed by atoms with Gasteiger partial charge in [-0.3, -0.25) is 4.55 Å². The van der Waals surface area contributed by atoms with Crippen molar-refractivity contribution in [2.75, 3.05) is 13.1 Å². The highest BCUT2D eigenvalue weighted by atomic mass is 32.3. The van der Waals surface area contributed by atoms with Crippen LogP contribution in [0, 0.1) is 0 Å². The molecule has 0 spiro atoms. The number of carbonyl (C=O) groups is 1. The second kappa shape index (κ2) is 5.34. The number of thiazole rings is 1. The van der Waals surface area contributed by atoms with Crippen LogP contribution in [0.4, 0.5) is 4.79 Å². The van der Waals surface area contributed by atoms with E-state index >= 15 is 0 Å². The molecule has 13 heteroatoms. The number of rotatable bonds is 4. The van der Waals surface area contributed by atoms with Gasteiger partial charge in [-0.1, -0.05) is 5.21 Å². The first kappa shape index (κ1) is 15.2. The third kappa shape index (κ3) is 2.66. The summed E-state index contributed by atoms with van der Waals surface area (Å²) >= 11 is 1.42. The Balaban J connectivity index is 1.62. The molecule has 4 heterocycles. The second-order valence-electron chi connectivity index (χ2n) is 5.10. The number of fused-ring (bicyclic) bond motifs is 2. The van der Waals surface area contributed by atoms with E-state index in [0.29, 0.717) is 21.5 Å². The average molecular weight is 370 g/mol. The summed E-state index contributed by atoms with van der Waals surface area (Å²) in [6.07, 6.45) is 4.98. The summed E-state index contributed by atoms with van der Waals surface area (Å²) in [5, 5.41) is 11.2. The summed E-state index contributed by atoms with van der Waals surface area (Å²) in [5.74, 6) is 0. The topological polar surface area (TPSA) is 131 Å². The lowest BCUT2D eigenvalue weighted by atomic mass is 10.2. The summed E-state index contributed by atoms with van der Waals surface area (Å²) in [4.78, 5) is 17.6. The van der Waals surface area contributed by atoms with Crippen molar-refractivity contribution in [1.82, 2.24) is 29.9 Å². The maximum absolute atomic E-state index is 12.1. The molecule has 4 rings (SSSR count). The maximum atomic E-state index is 12.1. The van der Waals surface area contributed by atoms with E-state index in [1.807, 2.05) is 5.38 Å². The summed E-state index contributed by atoms with van der Waals surface area (Å²) in [6, 6.07) is -1.31. The summed E-state index contributed by atoms with van der Waals surface area (Å²) < 4.78 is 36.4. The van der Waals surface area contributed by atoms with Crippen LogP contribution in [0.3, 0.4) is 0 Å². The van der Waals surface area contributed by atoms with Crippen molar-refractivity contribution in [3.8, 4) is 10.7 Å². The Kier molecular flexibility index (Phi) is 3.38. The maximum Gasteiger partial charge on any atom is 0.418 e. The van der Waals surface area contributed by atoms with Gasteiger partial charge in [0.05, 0.1) is 18.4 Å². The minimum atomic E-state index is -4.78. The fourth-order valence-electron chi connectivity index (χ4n) is 2.57. The van der Waals surface area contributed by atoms with Crippen molar-refractivity contribution >= 4 is 33.5 Å². The monoisotopic (exact) mass is 370 g/mol. The molecule has 126 valence electrons. The first-order chi connectivity index (χ1) is 11.4. The number of aromatic nitrogens is 4. The number of hydrogen-bond donors (Lipinski definition) is 1. The Morgan fingerprint density at radius 3 is 2.96 bits per heavy atom. The lowest BCUT2D eigenvalue weighted by Gasteiger charge is -2.20. The molecule has 24 heavy (non-hydrogen) atoms. The third-order valence-corrected chi connectivity index (χ3v) is 4.66. The van der Waals surface area contributed by atoms with Crippen LogP contribution in [0.1, 0.15) is 0 Å². The zero-order chi connectivity index (χ0) is 16.9. The molecule has 1 N–H and O–H groups in total. The molecule has 1 unspecified atom stereocenters. The molecule has 0 saturated carbocycles. The van der Waals surface area contributed by atoms with Gasteiger partial charge >= 0.3 is 16.4 Å². The molecule has 2 aromatic heterocycles. The molecule has 2 aromatic rings. The molecule has 2 amide bonds. The van der Waals surface area contributed by atoms with E-state index in [-0.39, 0.29) is 13.1 Å². The summed E-state index contributed by atoms with van der Waals surface area (Å²) in [7, 11) is -4.78. The quantitative estimate of drug-likeness (QED) is 0.750. The van der Waals surface area contributed by atoms with Gasteiger partial charge in [-0.25, -0.2) is 14.5 Å². The van der Waals surface area contributed by atoms with Gasteiger partial charge in [0.2, 0.25) is 0 Å². The van der Waals surface area contributed by atoms with Crippen LogP contribution in [-0.2, 0) is 14.7 Å². The Hall–Kier alpha value is -2.35. The number of hydroxylamine groups is 2. The number of nitrogens with zero attached hydrogens (tertiary/aromatic N) is 6. The molecule has 0 aliphatic carbocycles. The molecule has 2 aliphatic rings. The first-order valence-electron chi connectivity index (χ1n) is 6.69. The minimum Gasteiger partial charge on any atom is -0.314 e. The second-order valence-corrected chi connectivity index (χ2v) is 7.00. The predicted octanol–water partition coefficient (Wildman–Crippen LogP) is 0.0967. The normalized spacial score (nSPS) is 20.6. The van der Waals surface area contributed by atoms with Crippen molar-refractivity contribution in [2.24, 2.45) is 0 Å². The van der Waals surface area contributed by atoms with Crippen molar-refractivity contribution in [3.63, 3.8) is 0 Å². The van der Waals surface area contributed by atoms with Gasteiger partial charge in [-0.15, -0.1) is 20.7 Å². The van der Waals surface area contributed by atoms with Crippen LogP contribution in [0.25, 0.3) is 16.4 Å². The van der Waals surface area contributed by atoms with E-state index in [4.69, 9.17) is 4.55 Å². The van der Waals surface area contributed by atoms with E-state index < -0.39 is 22.5 Å². The van der Waals surface area contributed by atoms with Crippen LogP contribution < -0.4 is 0 Å². The molecule has 1 fully saturated rings. The molecular weight excluding hydrogens is 360 g/mol. The van der Waals surface area contributed by atoms with E-state index in [2.05, 4.69) is 19.6 Å². The Morgan fingerprint density at radius 2 is 2.25 bits per heavy atom. The highest BCUT2D eigenvalue weighted by molar-refractivity contribution is 7.80. The molecule has 1 atom stereocenters. The van der Waals surface area contributed by atoms with Crippen molar-refractivity contribution in [3.05, 3.63) is 23.8 Å². The van der Waals surface area contributed by atoms with Crippen molar-refractivity contribution in [2.45, 2.75) is 6.04 Å². The van der Waals surface area contributed by atoms with E-state index in [1.165, 1.54) is 20.9 Å². The van der Waals surface area contributed by atoms with Crippen LogP contribution in [-0.4, -0.2) is 68.1 Å². The van der Waals surface area contributed by atoms with Crippen LogP contribution >= 0.6 is 11.3 Å². The fourth-order valence-corrected chi connectivity index (χ4v) is 3.54. The number of amides is 2. The van der Waals surface area contributed by atoms with Gasteiger partial charge in [0.1, 0.15) is 16.7 Å². The fraction of sp³-hybridized carbons (Fsp3) is 0.273. The zero-order valence-electron chi connectivity index (χ0n) is 11.9. The number of urea groups is 1.